The van der Waals surface area contributed by atoms with Crippen molar-refractivity contribution in [1.29, 1.82) is 0 Å². The molecule has 0 aromatic carbocycles. The minimum atomic E-state index is 0.0474. The van der Waals surface area contributed by atoms with Gasteiger partial charge in [0.1, 0.15) is 6.33 Å². The summed E-state index contributed by atoms with van der Waals surface area (Å²) < 4.78 is 11.8. The van der Waals surface area contributed by atoms with Gasteiger partial charge in [-0.25, -0.2) is 15.0 Å². The molecular formula is C18H23ClN4O2. The van der Waals surface area contributed by atoms with E-state index in [-0.39, 0.29) is 11.3 Å². The van der Waals surface area contributed by atoms with Crippen LogP contribution in [0, 0.1) is 6.92 Å². The van der Waals surface area contributed by atoms with Gasteiger partial charge in [-0.1, -0.05) is 11.6 Å². The number of hydrogen-bond donors (Lipinski definition) is 1. The zero-order valence-corrected chi connectivity index (χ0v) is 15.5. The molecule has 1 aliphatic rings. The molecule has 1 N–H and O–H groups in total. The fourth-order valence-electron chi connectivity index (χ4n) is 3.04. The molecule has 6 nitrogen and oxygen atoms in total. The molecule has 3 heterocycles. The largest absolute Gasteiger partial charge is 0.474 e. The molecule has 134 valence electrons. The highest BCUT2D eigenvalue weighted by Gasteiger charge is 2.23. The van der Waals surface area contributed by atoms with Crippen LogP contribution in [0.25, 0.3) is 0 Å². The van der Waals surface area contributed by atoms with Crippen LogP contribution in [0.4, 0.5) is 0 Å². The van der Waals surface area contributed by atoms with Gasteiger partial charge in [0.15, 0.2) is 10.9 Å². The van der Waals surface area contributed by atoms with E-state index in [9.17, 15) is 0 Å². The van der Waals surface area contributed by atoms with Crippen molar-refractivity contribution in [3.63, 3.8) is 0 Å². The van der Waals surface area contributed by atoms with Crippen molar-refractivity contribution < 1.29 is 9.47 Å². The maximum Gasteiger partial charge on any atom is 0.229 e. The third kappa shape index (κ3) is 4.58. The predicted octanol–water partition coefficient (Wildman–Crippen LogP) is 3.92. The number of nitrogens with one attached hydrogen (secondary N) is 1. The first-order valence-corrected chi connectivity index (χ1v) is 8.93. The molecule has 0 spiro atoms. The van der Waals surface area contributed by atoms with E-state index in [4.69, 9.17) is 21.1 Å². The highest BCUT2D eigenvalue weighted by atomic mass is 35.5. The van der Waals surface area contributed by atoms with Gasteiger partial charge in [-0.3, -0.25) is 0 Å². The molecule has 2 aromatic heterocycles. The molecule has 1 saturated heterocycles. The average Bonchev–Trinajstić information content (AvgIpc) is 2.98. The highest BCUT2D eigenvalue weighted by Crippen LogP contribution is 2.31. The van der Waals surface area contributed by atoms with Crippen molar-refractivity contribution in [2.75, 3.05) is 0 Å². The second kappa shape index (κ2) is 7.97. The first-order chi connectivity index (χ1) is 12.0. The van der Waals surface area contributed by atoms with E-state index in [2.05, 4.69) is 34.1 Å². The van der Waals surface area contributed by atoms with E-state index in [1.807, 2.05) is 6.92 Å². The topological polar surface area (TPSA) is 69.2 Å². The lowest BCUT2D eigenvalue weighted by molar-refractivity contribution is 0.185. The molecule has 25 heavy (non-hydrogen) atoms. The van der Waals surface area contributed by atoms with Crippen LogP contribution in [0.15, 0.2) is 24.7 Å². The molecule has 7 heteroatoms. The van der Waals surface area contributed by atoms with Gasteiger partial charge in [-0.2, -0.15) is 0 Å². The molecule has 1 aliphatic heterocycles. The van der Waals surface area contributed by atoms with Crippen LogP contribution in [0.5, 0.6) is 17.5 Å². The van der Waals surface area contributed by atoms with Crippen LogP contribution in [0.1, 0.15) is 38.7 Å². The van der Waals surface area contributed by atoms with Crippen LogP contribution < -0.4 is 14.8 Å². The summed E-state index contributed by atoms with van der Waals surface area (Å²) in [6.07, 6.45) is 6.43. The van der Waals surface area contributed by atoms with E-state index in [0.29, 0.717) is 29.6 Å². The first-order valence-electron chi connectivity index (χ1n) is 8.55. The molecule has 0 saturated carbocycles. The summed E-state index contributed by atoms with van der Waals surface area (Å²) in [5.41, 5.74) is 0.738. The molecule has 0 radical (unpaired) electrons. The van der Waals surface area contributed by atoms with Gasteiger partial charge < -0.3 is 14.8 Å². The van der Waals surface area contributed by atoms with Crippen LogP contribution >= 0.6 is 11.6 Å². The van der Waals surface area contributed by atoms with Gasteiger partial charge in [-0.05, 0) is 52.2 Å². The third-order valence-electron chi connectivity index (χ3n) is 4.32. The summed E-state index contributed by atoms with van der Waals surface area (Å²) in [4.78, 5) is 12.4. The Bertz CT molecular complexity index is 728. The SMILES string of the molecule is Cc1c(Oc2cccnc2Cl)ncnc1O[C@H](C)CC1CCC(C)N1. The van der Waals surface area contributed by atoms with Crippen molar-refractivity contribution in [3.05, 3.63) is 35.4 Å². The summed E-state index contributed by atoms with van der Waals surface area (Å²) >= 11 is 6.04. The summed E-state index contributed by atoms with van der Waals surface area (Å²) in [6.45, 7) is 6.15. The zero-order chi connectivity index (χ0) is 17.8. The number of nitrogens with zero attached hydrogens (tertiary/aromatic N) is 3. The van der Waals surface area contributed by atoms with E-state index < -0.39 is 0 Å². The van der Waals surface area contributed by atoms with Crippen molar-refractivity contribution in [1.82, 2.24) is 20.3 Å². The predicted molar refractivity (Wildman–Crippen MR) is 96.4 cm³/mol. The number of ether oxygens (including phenoxy) is 2. The second-order valence-corrected chi connectivity index (χ2v) is 6.87. The number of pyridine rings is 1. The summed E-state index contributed by atoms with van der Waals surface area (Å²) in [6, 6.07) is 4.58. The smallest absolute Gasteiger partial charge is 0.229 e. The van der Waals surface area contributed by atoms with Crippen LogP contribution in [-0.4, -0.2) is 33.1 Å². The van der Waals surface area contributed by atoms with Gasteiger partial charge in [-0.15, -0.1) is 0 Å². The Morgan fingerprint density at radius 3 is 2.80 bits per heavy atom. The summed E-state index contributed by atoms with van der Waals surface area (Å²) in [5, 5.41) is 3.87. The number of aromatic nitrogens is 3. The molecule has 0 bridgehead atoms. The Balaban J connectivity index is 1.67. The quantitative estimate of drug-likeness (QED) is 0.785. The molecule has 3 atom stereocenters. The van der Waals surface area contributed by atoms with Gasteiger partial charge in [0.25, 0.3) is 0 Å². The van der Waals surface area contributed by atoms with Crippen LogP contribution in [-0.2, 0) is 0 Å². The maximum absolute atomic E-state index is 6.04. The highest BCUT2D eigenvalue weighted by molar-refractivity contribution is 6.30. The van der Waals surface area contributed by atoms with Crippen LogP contribution in [0.3, 0.4) is 0 Å². The van der Waals surface area contributed by atoms with Gasteiger partial charge in [0.2, 0.25) is 11.8 Å². The standard InChI is InChI=1S/C18H23ClN4O2/c1-11-6-7-14(23-11)9-12(2)24-17-13(3)18(22-10-21-17)25-15-5-4-8-20-16(15)19/h4-5,8,10-12,14,23H,6-7,9H2,1-3H3/t11?,12-,14?/m1/s1. The van der Waals surface area contributed by atoms with Crippen molar-refractivity contribution in [2.45, 2.75) is 58.2 Å². The molecule has 2 unspecified atom stereocenters. The Labute approximate surface area is 153 Å². The van der Waals surface area contributed by atoms with Gasteiger partial charge >= 0.3 is 0 Å². The minimum absolute atomic E-state index is 0.0474. The maximum atomic E-state index is 6.04. The lowest BCUT2D eigenvalue weighted by atomic mass is 10.1. The van der Waals surface area contributed by atoms with Crippen molar-refractivity contribution in [3.8, 4) is 17.5 Å². The monoisotopic (exact) mass is 362 g/mol. The third-order valence-corrected chi connectivity index (χ3v) is 4.60. The number of halogens is 1. The Hall–Kier alpha value is -1.92. The summed E-state index contributed by atoms with van der Waals surface area (Å²) in [7, 11) is 0. The van der Waals surface area contributed by atoms with Crippen molar-refractivity contribution >= 4 is 11.6 Å². The summed E-state index contributed by atoms with van der Waals surface area (Å²) in [5.74, 6) is 1.40. The Kier molecular flexibility index (Phi) is 5.71. The van der Waals surface area contributed by atoms with Crippen LogP contribution in [0.2, 0.25) is 5.15 Å². The molecular weight excluding hydrogens is 340 g/mol. The van der Waals surface area contributed by atoms with E-state index in [1.54, 1.807) is 18.3 Å². The lowest BCUT2D eigenvalue weighted by Gasteiger charge is -2.20. The molecule has 2 aromatic rings. The van der Waals surface area contributed by atoms with Crippen molar-refractivity contribution in [2.24, 2.45) is 0 Å². The normalized spacial score (nSPS) is 21.1. The first kappa shape index (κ1) is 17.9. The second-order valence-electron chi connectivity index (χ2n) is 6.51. The fourth-order valence-corrected chi connectivity index (χ4v) is 3.20. The van der Waals surface area contributed by atoms with Gasteiger partial charge in [0.05, 0.1) is 11.7 Å². The minimum Gasteiger partial charge on any atom is -0.474 e. The number of rotatable bonds is 6. The number of hydrogen-bond acceptors (Lipinski definition) is 6. The van der Waals surface area contributed by atoms with E-state index in [1.165, 1.54) is 19.2 Å². The Morgan fingerprint density at radius 1 is 1.28 bits per heavy atom. The lowest BCUT2D eigenvalue weighted by Crippen LogP contribution is -2.31. The molecule has 0 aliphatic carbocycles. The van der Waals surface area contributed by atoms with E-state index >= 15 is 0 Å². The average molecular weight is 363 g/mol. The van der Waals surface area contributed by atoms with E-state index in [0.717, 1.165) is 12.0 Å². The fraction of sp³-hybridized carbons (Fsp3) is 0.500. The van der Waals surface area contributed by atoms with Gasteiger partial charge in [0, 0.05) is 18.3 Å². The Morgan fingerprint density at radius 2 is 2.08 bits per heavy atom. The zero-order valence-electron chi connectivity index (χ0n) is 14.7. The molecule has 1 fully saturated rings. The molecule has 0 amide bonds. The molecule has 3 rings (SSSR count).